The van der Waals surface area contributed by atoms with Crippen molar-refractivity contribution in [2.24, 2.45) is 0 Å². The van der Waals surface area contributed by atoms with Gasteiger partial charge < -0.3 is 5.32 Å². The second-order valence-corrected chi connectivity index (χ2v) is 3.99. The Labute approximate surface area is 94.6 Å². The van der Waals surface area contributed by atoms with Crippen LogP contribution in [0.25, 0.3) is 0 Å². The summed E-state index contributed by atoms with van der Waals surface area (Å²) in [6.45, 7) is 6.95. The van der Waals surface area contributed by atoms with Crippen molar-refractivity contribution in [1.29, 1.82) is 0 Å². The first kappa shape index (κ1) is 12.2. The predicted molar refractivity (Wildman–Crippen MR) is 60.5 cm³/mol. The number of carbonyl (C=O) groups excluding carboxylic acids is 1. The third-order valence-corrected chi connectivity index (χ3v) is 2.32. The zero-order chi connectivity index (χ0) is 11.4. The van der Waals surface area contributed by atoms with E-state index >= 15 is 0 Å². The smallest absolute Gasteiger partial charge is 0.196 e. The molecule has 0 amide bonds. The number of halogens is 1. The Morgan fingerprint density at radius 3 is 2.87 bits per heavy atom. The zero-order valence-corrected chi connectivity index (χ0v) is 10.0. The van der Waals surface area contributed by atoms with E-state index in [9.17, 15) is 4.79 Å². The van der Waals surface area contributed by atoms with Crippen LogP contribution in [0.15, 0.2) is 6.20 Å². The van der Waals surface area contributed by atoms with Crippen molar-refractivity contribution in [2.75, 3.05) is 13.1 Å². The van der Waals surface area contributed by atoms with Gasteiger partial charge in [-0.05, 0) is 20.4 Å². The number of aromatic nitrogens is 2. The molecule has 1 aromatic rings. The highest BCUT2D eigenvalue weighted by molar-refractivity contribution is 6.33. The van der Waals surface area contributed by atoms with Crippen molar-refractivity contribution in [2.45, 2.75) is 26.8 Å². The SMILES string of the molecule is CCNCC(=O)c1c(Cl)cnn1C(C)C. The number of hydrogen-bond acceptors (Lipinski definition) is 3. The van der Waals surface area contributed by atoms with E-state index < -0.39 is 0 Å². The molecule has 0 fully saturated rings. The zero-order valence-electron chi connectivity index (χ0n) is 9.25. The topological polar surface area (TPSA) is 46.9 Å². The molecule has 0 unspecified atom stereocenters. The summed E-state index contributed by atoms with van der Waals surface area (Å²) in [7, 11) is 0. The molecule has 0 aliphatic carbocycles. The molecule has 1 N–H and O–H groups in total. The van der Waals surface area contributed by atoms with E-state index in [0.29, 0.717) is 17.3 Å². The Morgan fingerprint density at radius 1 is 1.67 bits per heavy atom. The fraction of sp³-hybridized carbons (Fsp3) is 0.600. The molecular weight excluding hydrogens is 214 g/mol. The predicted octanol–water partition coefficient (Wildman–Crippen LogP) is 1.91. The van der Waals surface area contributed by atoms with Gasteiger partial charge in [-0.25, -0.2) is 0 Å². The Bertz CT molecular complexity index is 346. The lowest BCUT2D eigenvalue weighted by Crippen LogP contribution is -2.25. The summed E-state index contributed by atoms with van der Waals surface area (Å²) in [6, 6.07) is 0.137. The van der Waals surface area contributed by atoms with Crippen molar-refractivity contribution in [3.8, 4) is 0 Å². The van der Waals surface area contributed by atoms with E-state index in [4.69, 9.17) is 11.6 Å². The molecule has 0 aromatic carbocycles. The number of nitrogens with zero attached hydrogens (tertiary/aromatic N) is 2. The van der Waals surface area contributed by atoms with Crippen LogP contribution in [0.2, 0.25) is 5.02 Å². The minimum atomic E-state index is -0.0203. The largest absolute Gasteiger partial charge is 0.310 e. The van der Waals surface area contributed by atoms with Crippen LogP contribution in [0.1, 0.15) is 37.3 Å². The second kappa shape index (κ2) is 5.28. The Morgan fingerprint density at radius 2 is 2.33 bits per heavy atom. The number of Topliss-reactive ketones (excluding diaryl/α,β-unsaturated/α-hetero) is 1. The van der Waals surface area contributed by atoms with Crippen LogP contribution in [-0.4, -0.2) is 28.7 Å². The van der Waals surface area contributed by atoms with Gasteiger partial charge in [-0.3, -0.25) is 9.48 Å². The minimum Gasteiger partial charge on any atom is -0.310 e. The first-order valence-corrected chi connectivity index (χ1v) is 5.42. The number of likely N-dealkylation sites (N-methyl/N-ethyl adjacent to an activating group) is 1. The van der Waals surface area contributed by atoms with Crippen molar-refractivity contribution >= 4 is 17.4 Å². The molecule has 0 atom stereocenters. The van der Waals surface area contributed by atoms with Crippen LogP contribution < -0.4 is 5.32 Å². The Balaban J connectivity index is 2.91. The average Bonchev–Trinajstić information content (AvgIpc) is 2.56. The first-order valence-electron chi connectivity index (χ1n) is 5.04. The number of carbonyl (C=O) groups is 1. The Kier molecular flexibility index (Phi) is 4.29. The molecule has 15 heavy (non-hydrogen) atoms. The average molecular weight is 230 g/mol. The van der Waals surface area contributed by atoms with Gasteiger partial charge in [-0.2, -0.15) is 5.10 Å². The molecule has 5 heteroatoms. The summed E-state index contributed by atoms with van der Waals surface area (Å²) in [5, 5.41) is 7.48. The minimum absolute atomic E-state index is 0.0203. The van der Waals surface area contributed by atoms with E-state index in [2.05, 4.69) is 10.4 Å². The molecule has 0 spiro atoms. The van der Waals surface area contributed by atoms with Gasteiger partial charge >= 0.3 is 0 Å². The lowest BCUT2D eigenvalue weighted by molar-refractivity contribution is 0.0980. The third kappa shape index (κ3) is 2.79. The van der Waals surface area contributed by atoms with Crippen molar-refractivity contribution in [3.63, 3.8) is 0 Å². The molecule has 1 aromatic heterocycles. The highest BCUT2D eigenvalue weighted by atomic mass is 35.5. The third-order valence-electron chi connectivity index (χ3n) is 2.04. The maximum Gasteiger partial charge on any atom is 0.196 e. The number of rotatable bonds is 5. The summed E-state index contributed by atoms with van der Waals surface area (Å²) < 4.78 is 1.65. The summed E-state index contributed by atoms with van der Waals surface area (Å²) in [6.07, 6.45) is 1.51. The molecule has 0 saturated carbocycles. The lowest BCUT2D eigenvalue weighted by atomic mass is 10.2. The second-order valence-electron chi connectivity index (χ2n) is 3.58. The van der Waals surface area contributed by atoms with Gasteiger partial charge in [0.05, 0.1) is 17.8 Å². The van der Waals surface area contributed by atoms with Gasteiger partial charge in [-0.1, -0.05) is 18.5 Å². The van der Waals surface area contributed by atoms with E-state index in [1.807, 2.05) is 20.8 Å². The monoisotopic (exact) mass is 229 g/mol. The van der Waals surface area contributed by atoms with Crippen molar-refractivity contribution in [3.05, 3.63) is 16.9 Å². The van der Waals surface area contributed by atoms with Gasteiger partial charge in [-0.15, -0.1) is 0 Å². The molecule has 0 bridgehead atoms. The molecule has 84 valence electrons. The van der Waals surface area contributed by atoms with Crippen LogP contribution in [0, 0.1) is 0 Å². The summed E-state index contributed by atoms with van der Waals surface area (Å²) in [5.41, 5.74) is 0.493. The summed E-state index contributed by atoms with van der Waals surface area (Å²) >= 11 is 5.93. The number of nitrogens with one attached hydrogen (secondary N) is 1. The van der Waals surface area contributed by atoms with Gasteiger partial charge in [0.25, 0.3) is 0 Å². The van der Waals surface area contributed by atoms with Crippen LogP contribution in [0.5, 0.6) is 0 Å². The fourth-order valence-corrected chi connectivity index (χ4v) is 1.55. The van der Waals surface area contributed by atoms with Crippen molar-refractivity contribution < 1.29 is 4.79 Å². The Hall–Kier alpha value is -0.870. The van der Waals surface area contributed by atoms with Gasteiger partial charge in [0.15, 0.2) is 5.78 Å². The normalized spacial score (nSPS) is 11.0. The van der Waals surface area contributed by atoms with E-state index in [-0.39, 0.29) is 11.8 Å². The molecule has 4 nitrogen and oxygen atoms in total. The molecular formula is C10H16ClN3O. The summed E-state index contributed by atoms with van der Waals surface area (Å²) in [4.78, 5) is 11.8. The van der Waals surface area contributed by atoms with E-state index in [1.54, 1.807) is 4.68 Å². The molecule has 0 aliphatic heterocycles. The lowest BCUT2D eigenvalue weighted by Gasteiger charge is -2.10. The fourth-order valence-electron chi connectivity index (χ4n) is 1.32. The standard InChI is InChI=1S/C10H16ClN3O/c1-4-12-6-9(15)10-8(11)5-13-14(10)7(2)3/h5,7,12H,4,6H2,1-3H3. The van der Waals surface area contributed by atoms with Crippen LogP contribution in [-0.2, 0) is 0 Å². The molecule has 0 saturated heterocycles. The van der Waals surface area contributed by atoms with Gasteiger partial charge in [0.2, 0.25) is 0 Å². The molecule has 0 radical (unpaired) electrons. The quantitative estimate of drug-likeness (QED) is 0.785. The highest BCUT2D eigenvalue weighted by Gasteiger charge is 2.18. The molecule has 0 aliphatic rings. The van der Waals surface area contributed by atoms with Gasteiger partial charge in [0, 0.05) is 6.04 Å². The van der Waals surface area contributed by atoms with Crippen LogP contribution >= 0.6 is 11.6 Å². The highest BCUT2D eigenvalue weighted by Crippen LogP contribution is 2.18. The van der Waals surface area contributed by atoms with Crippen LogP contribution in [0.3, 0.4) is 0 Å². The number of hydrogen-bond donors (Lipinski definition) is 1. The van der Waals surface area contributed by atoms with Crippen molar-refractivity contribution in [1.82, 2.24) is 15.1 Å². The van der Waals surface area contributed by atoms with E-state index in [1.165, 1.54) is 6.20 Å². The maximum atomic E-state index is 11.8. The number of ketones is 1. The van der Waals surface area contributed by atoms with Crippen LogP contribution in [0.4, 0.5) is 0 Å². The van der Waals surface area contributed by atoms with E-state index in [0.717, 1.165) is 6.54 Å². The summed E-state index contributed by atoms with van der Waals surface area (Å²) in [5.74, 6) is -0.0203. The molecule has 1 rings (SSSR count). The molecule has 1 heterocycles. The van der Waals surface area contributed by atoms with Gasteiger partial charge in [0.1, 0.15) is 5.69 Å². The first-order chi connectivity index (χ1) is 7.07. The maximum absolute atomic E-state index is 11.8.